The van der Waals surface area contributed by atoms with Crippen LogP contribution in [0, 0.1) is 0 Å². The lowest BCUT2D eigenvalue weighted by atomic mass is 10.2. The van der Waals surface area contributed by atoms with Crippen molar-refractivity contribution in [1.82, 2.24) is 5.32 Å². The molecule has 0 aliphatic rings. The third-order valence-electron chi connectivity index (χ3n) is 2.63. The molecule has 18 heavy (non-hydrogen) atoms. The molecule has 0 spiro atoms. The van der Waals surface area contributed by atoms with Crippen molar-refractivity contribution in [2.45, 2.75) is 19.5 Å². The molecule has 0 aliphatic carbocycles. The number of nitrogens with one attached hydrogen (secondary N) is 2. The van der Waals surface area contributed by atoms with Crippen LogP contribution in [0.2, 0.25) is 0 Å². The summed E-state index contributed by atoms with van der Waals surface area (Å²) in [5.41, 5.74) is 1.83. The summed E-state index contributed by atoms with van der Waals surface area (Å²) >= 11 is 0. The van der Waals surface area contributed by atoms with Crippen LogP contribution in [0.25, 0.3) is 0 Å². The number of para-hydroxylation sites is 1. The summed E-state index contributed by atoms with van der Waals surface area (Å²) in [5.74, 6) is -0.0512. The Kier molecular flexibility index (Phi) is 4.15. The molecule has 1 unspecified atom stereocenters. The second-order valence-corrected chi connectivity index (χ2v) is 4.09. The van der Waals surface area contributed by atoms with Gasteiger partial charge in [0.2, 0.25) is 5.91 Å². The maximum absolute atomic E-state index is 11.9. The fourth-order valence-corrected chi connectivity index (χ4v) is 1.53. The Balaban J connectivity index is 1.82. The van der Waals surface area contributed by atoms with Crippen LogP contribution in [0.4, 0.5) is 5.69 Å². The predicted molar refractivity (Wildman–Crippen MR) is 70.1 cm³/mol. The highest BCUT2D eigenvalue weighted by Gasteiger charge is 2.12. The number of benzene rings is 1. The lowest BCUT2D eigenvalue weighted by Crippen LogP contribution is -2.37. The Morgan fingerprint density at radius 2 is 2.06 bits per heavy atom. The summed E-state index contributed by atoms with van der Waals surface area (Å²) < 4.78 is 4.96. The number of amides is 1. The molecule has 0 bridgehead atoms. The maximum Gasteiger partial charge on any atom is 0.241 e. The summed E-state index contributed by atoms with van der Waals surface area (Å²) in [5, 5.41) is 5.98. The van der Waals surface area contributed by atoms with Crippen molar-refractivity contribution in [1.29, 1.82) is 0 Å². The van der Waals surface area contributed by atoms with Gasteiger partial charge in [-0.1, -0.05) is 18.2 Å². The van der Waals surface area contributed by atoms with Crippen molar-refractivity contribution in [3.05, 3.63) is 54.5 Å². The molecule has 0 fully saturated rings. The highest BCUT2D eigenvalue weighted by atomic mass is 16.3. The molecular weight excluding hydrogens is 228 g/mol. The third kappa shape index (κ3) is 3.46. The van der Waals surface area contributed by atoms with Crippen LogP contribution in [0.1, 0.15) is 12.5 Å². The molecule has 0 saturated heterocycles. The van der Waals surface area contributed by atoms with Gasteiger partial charge in [0.15, 0.2) is 0 Å². The van der Waals surface area contributed by atoms with E-state index in [9.17, 15) is 4.79 Å². The molecule has 2 aromatic rings. The van der Waals surface area contributed by atoms with Gasteiger partial charge in [-0.25, -0.2) is 0 Å². The molecule has 0 radical (unpaired) electrons. The number of carbonyl (C=O) groups excluding carboxylic acids is 1. The van der Waals surface area contributed by atoms with E-state index in [1.54, 1.807) is 12.5 Å². The molecule has 0 saturated carbocycles. The molecular formula is C14H16N2O2. The molecule has 1 aromatic heterocycles. The first-order valence-electron chi connectivity index (χ1n) is 5.86. The number of anilines is 1. The zero-order chi connectivity index (χ0) is 12.8. The topological polar surface area (TPSA) is 54.3 Å². The molecule has 1 atom stereocenters. The van der Waals surface area contributed by atoms with Crippen LogP contribution >= 0.6 is 0 Å². The maximum atomic E-state index is 11.9. The Morgan fingerprint density at radius 1 is 1.28 bits per heavy atom. The molecule has 0 aliphatic heterocycles. The van der Waals surface area contributed by atoms with Gasteiger partial charge >= 0.3 is 0 Å². The van der Waals surface area contributed by atoms with E-state index >= 15 is 0 Å². The van der Waals surface area contributed by atoms with Gasteiger partial charge in [0.05, 0.1) is 18.6 Å². The summed E-state index contributed by atoms with van der Waals surface area (Å²) in [4.78, 5) is 11.9. The second kappa shape index (κ2) is 6.02. The van der Waals surface area contributed by atoms with Crippen molar-refractivity contribution in [3.8, 4) is 0 Å². The monoisotopic (exact) mass is 244 g/mol. The normalized spacial score (nSPS) is 12.1. The van der Waals surface area contributed by atoms with Crippen LogP contribution in [0.15, 0.2) is 53.3 Å². The first-order valence-corrected chi connectivity index (χ1v) is 5.86. The molecule has 2 N–H and O–H groups in total. The average molecular weight is 244 g/mol. The zero-order valence-corrected chi connectivity index (χ0v) is 10.2. The molecule has 1 aromatic carbocycles. The van der Waals surface area contributed by atoms with Gasteiger partial charge in [0.1, 0.15) is 0 Å². The number of hydrogen-bond donors (Lipinski definition) is 2. The average Bonchev–Trinajstić information content (AvgIpc) is 2.90. The molecule has 4 heteroatoms. The number of furan rings is 1. The van der Waals surface area contributed by atoms with Crippen LogP contribution in [0.5, 0.6) is 0 Å². The van der Waals surface area contributed by atoms with Gasteiger partial charge in [0.25, 0.3) is 0 Å². The summed E-state index contributed by atoms with van der Waals surface area (Å²) in [7, 11) is 0. The van der Waals surface area contributed by atoms with Crippen LogP contribution in [-0.4, -0.2) is 11.9 Å². The molecule has 2 rings (SSSR count). The van der Waals surface area contributed by atoms with Crippen molar-refractivity contribution in [2.24, 2.45) is 0 Å². The predicted octanol–water partition coefficient (Wildman–Crippen LogP) is 2.40. The van der Waals surface area contributed by atoms with Crippen molar-refractivity contribution in [3.63, 3.8) is 0 Å². The van der Waals surface area contributed by atoms with E-state index in [-0.39, 0.29) is 11.9 Å². The van der Waals surface area contributed by atoms with Crippen LogP contribution < -0.4 is 10.6 Å². The van der Waals surface area contributed by atoms with Gasteiger partial charge in [-0.15, -0.1) is 0 Å². The first-order chi connectivity index (χ1) is 8.75. The number of carbonyl (C=O) groups is 1. The minimum absolute atomic E-state index is 0.0512. The number of rotatable bonds is 5. The quantitative estimate of drug-likeness (QED) is 0.849. The number of hydrogen-bond acceptors (Lipinski definition) is 3. The van der Waals surface area contributed by atoms with Crippen molar-refractivity contribution in [2.75, 3.05) is 5.32 Å². The smallest absolute Gasteiger partial charge is 0.241 e. The van der Waals surface area contributed by atoms with Crippen molar-refractivity contribution >= 4 is 11.6 Å². The fraction of sp³-hybridized carbons (Fsp3) is 0.214. The Labute approximate surface area is 106 Å². The standard InChI is InChI=1S/C14H16N2O2/c1-11(15-9-12-7-8-18-10-12)14(17)16-13-5-3-2-4-6-13/h2-8,10-11,15H,9H2,1H3,(H,16,17). The third-order valence-corrected chi connectivity index (χ3v) is 2.63. The van der Waals surface area contributed by atoms with E-state index in [0.717, 1.165) is 11.3 Å². The highest BCUT2D eigenvalue weighted by Crippen LogP contribution is 2.06. The lowest BCUT2D eigenvalue weighted by molar-refractivity contribution is -0.117. The first kappa shape index (κ1) is 12.4. The largest absolute Gasteiger partial charge is 0.472 e. The van der Waals surface area contributed by atoms with Gasteiger partial charge in [0, 0.05) is 17.8 Å². The SMILES string of the molecule is CC(NCc1ccoc1)C(=O)Nc1ccccc1. The molecule has 94 valence electrons. The zero-order valence-electron chi connectivity index (χ0n) is 10.2. The van der Waals surface area contributed by atoms with E-state index in [1.807, 2.05) is 43.3 Å². The fourth-order valence-electron chi connectivity index (χ4n) is 1.53. The van der Waals surface area contributed by atoms with E-state index in [2.05, 4.69) is 10.6 Å². The molecule has 4 nitrogen and oxygen atoms in total. The Hall–Kier alpha value is -2.07. The van der Waals surface area contributed by atoms with Crippen LogP contribution in [-0.2, 0) is 11.3 Å². The minimum atomic E-state index is -0.264. The van der Waals surface area contributed by atoms with Gasteiger partial charge in [-0.2, -0.15) is 0 Å². The van der Waals surface area contributed by atoms with Gasteiger partial charge < -0.3 is 15.1 Å². The Bertz CT molecular complexity index is 480. The molecule has 1 heterocycles. The van der Waals surface area contributed by atoms with Crippen LogP contribution in [0.3, 0.4) is 0 Å². The summed E-state index contributed by atoms with van der Waals surface area (Å²) in [6.45, 7) is 2.44. The van der Waals surface area contributed by atoms with E-state index < -0.39 is 0 Å². The summed E-state index contributed by atoms with van der Waals surface area (Å²) in [6.07, 6.45) is 3.28. The lowest BCUT2D eigenvalue weighted by Gasteiger charge is -2.13. The minimum Gasteiger partial charge on any atom is -0.472 e. The second-order valence-electron chi connectivity index (χ2n) is 4.09. The van der Waals surface area contributed by atoms with Gasteiger partial charge in [-0.05, 0) is 25.1 Å². The summed E-state index contributed by atoms with van der Waals surface area (Å²) in [6, 6.07) is 11.0. The Morgan fingerprint density at radius 3 is 2.72 bits per heavy atom. The molecule has 1 amide bonds. The van der Waals surface area contributed by atoms with Gasteiger partial charge in [-0.3, -0.25) is 4.79 Å². The van der Waals surface area contributed by atoms with Crippen molar-refractivity contribution < 1.29 is 9.21 Å². The van der Waals surface area contributed by atoms with E-state index in [1.165, 1.54) is 0 Å². The highest BCUT2D eigenvalue weighted by molar-refractivity contribution is 5.94. The van der Waals surface area contributed by atoms with E-state index in [0.29, 0.717) is 6.54 Å². The van der Waals surface area contributed by atoms with E-state index in [4.69, 9.17) is 4.42 Å².